The summed E-state index contributed by atoms with van der Waals surface area (Å²) in [5.41, 5.74) is 0. The van der Waals surface area contributed by atoms with Gasteiger partial charge in [-0.1, -0.05) is 0 Å². The van der Waals surface area contributed by atoms with Gasteiger partial charge in [-0.25, -0.2) is 0 Å². The van der Waals surface area contributed by atoms with Crippen molar-refractivity contribution < 1.29 is 9.84 Å². The van der Waals surface area contributed by atoms with E-state index in [9.17, 15) is 0 Å². The lowest BCUT2D eigenvalue weighted by molar-refractivity contribution is 0.00777. The molecule has 0 aliphatic carbocycles. The molecule has 0 aromatic carbocycles. The van der Waals surface area contributed by atoms with Crippen LogP contribution >= 0.6 is 22.6 Å². The molecule has 66 valence electrons. The smallest absolute Gasteiger partial charge is 0.128 e. The second-order valence-corrected chi connectivity index (χ2v) is 4.16. The molecule has 0 amide bonds. The van der Waals surface area contributed by atoms with Gasteiger partial charge in [-0.15, -0.1) is 0 Å². The van der Waals surface area contributed by atoms with Crippen molar-refractivity contribution in [2.45, 2.75) is 23.1 Å². The molecule has 1 rings (SSSR count). The van der Waals surface area contributed by atoms with Gasteiger partial charge in [0.1, 0.15) is 4.11 Å². The summed E-state index contributed by atoms with van der Waals surface area (Å²) in [7, 11) is 0. The molecular formula is C7H14INO2. The first kappa shape index (κ1) is 9.70. The summed E-state index contributed by atoms with van der Waals surface area (Å²) in [6.07, 6.45) is 2.51. The van der Waals surface area contributed by atoms with E-state index in [-0.39, 0.29) is 4.11 Å². The predicted octanol–water partition coefficient (Wildman–Crippen LogP) is 0.508. The van der Waals surface area contributed by atoms with Crippen LogP contribution in [0.3, 0.4) is 0 Å². The van der Waals surface area contributed by atoms with Gasteiger partial charge in [0.2, 0.25) is 0 Å². The highest BCUT2D eigenvalue weighted by molar-refractivity contribution is 14.1. The van der Waals surface area contributed by atoms with Gasteiger partial charge >= 0.3 is 0 Å². The van der Waals surface area contributed by atoms with Crippen LogP contribution in [-0.4, -0.2) is 35.0 Å². The van der Waals surface area contributed by atoms with E-state index in [1.165, 1.54) is 0 Å². The number of aliphatic hydroxyl groups is 1. The van der Waals surface area contributed by atoms with Gasteiger partial charge in [0, 0.05) is 0 Å². The summed E-state index contributed by atoms with van der Waals surface area (Å²) in [5.74, 6) is 0. The third-order valence-corrected chi connectivity index (χ3v) is 2.12. The van der Waals surface area contributed by atoms with Crippen molar-refractivity contribution in [3.05, 3.63) is 0 Å². The fourth-order valence-corrected chi connectivity index (χ4v) is 1.39. The first-order valence-corrected chi connectivity index (χ1v) is 5.18. The minimum absolute atomic E-state index is 0.359. The maximum Gasteiger partial charge on any atom is 0.128 e. The van der Waals surface area contributed by atoms with Crippen LogP contribution in [0.4, 0.5) is 0 Å². The van der Waals surface area contributed by atoms with E-state index in [1.807, 2.05) is 22.6 Å². The van der Waals surface area contributed by atoms with E-state index in [2.05, 4.69) is 5.32 Å². The van der Waals surface area contributed by atoms with E-state index in [0.29, 0.717) is 12.7 Å². The van der Waals surface area contributed by atoms with Crippen LogP contribution in [0.2, 0.25) is 0 Å². The Morgan fingerprint density at radius 1 is 1.55 bits per heavy atom. The van der Waals surface area contributed by atoms with Crippen LogP contribution in [0, 0.1) is 0 Å². The van der Waals surface area contributed by atoms with Crippen molar-refractivity contribution in [1.29, 1.82) is 0 Å². The van der Waals surface area contributed by atoms with Crippen molar-refractivity contribution >= 4 is 22.6 Å². The van der Waals surface area contributed by atoms with Crippen molar-refractivity contribution in [1.82, 2.24) is 5.32 Å². The third-order valence-electron chi connectivity index (χ3n) is 1.76. The van der Waals surface area contributed by atoms with Crippen LogP contribution in [0.5, 0.6) is 0 Å². The molecule has 1 unspecified atom stereocenters. The average molecular weight is 271 g/mol. The third kappa shape index (κ3) is 4.25. The summed E-state index contributed by atoms with van der Waals surface area (Å²) >= 11 is 1.95. The molecule has 0 saturated carbocycles. The van der Waals surface area contributed by atoms with Gasteiger partial charge in [0.15, 0.2) is 0 Å². The van der Waals surface area contributed by atoms with Gasteiger partial charge in [-0.3, -0.25) is 0 Å². The van der Waals surface area contributed by atoms with Gasteiger partial charge < -0.3 is 15.2 Å². The van der Waals surface area contributed by atoms with Crippen LogP contribution in [0.15, 0.2) is 0 Å². The predicted molar refractivity (Wildman–Crippen MR) is 51.9 cm³/mol. The topological polar surface area (TPSA) is 41.5 Å². The number of aliphatic hydroxyl groups excluding tert-OH is 1. The Morgan fingerprint density at radius 3 is 2.73 bits per heavy atom. The van der Waals surface area contributed by atoms with Crippen molar-refractivity contribution in [2.75, 3.05) is 19.7 Å². The Labute approximate surface area is 80.6 Å². The molecule has 0 spiro atoms. The standard InChI is InChI=1S/C7H14INO2/c8-7(10)5-11-6-1-3-9-4-2-6/h6-7,9-10H,1-5H2. The Kier molecular flexibility index (Phi) is 4.66. The molecule has 0 aromatic rings. The zero-order valence-corrected chi connectivity index (χ0v) is 8.58. The zero-order chi connectivity index (χ0) is 8.10. The van der Waals surface area contributed by atoms with E-state index in [1.54, 1.807) is 0 Å². The highest BCUT2D eigenvalue weighted by atomic mass is 127. The van der Waals surface area contributed by atoms with Gasteiger partial charge in [0.25, 0.3) is 0 Å². The lowest BCUT2D eigenvalue weighted by Gasteiger charge is -2.23. The second kappa shape index (κ2) is 5.29. The Bertz CT molecular complexity index is 105. The second-order valence-electron chi connectivity index (χ2n) is 2.72. The molecule has 1 atom stereocenters. The average Bonchev–Trinajstić information content (AvgIpc) is 2.03. The Balaban J connectivity index is 2.05. The summed E-state index contributed by atoms with van der Waals surface area (Å²) in [4.78, 5) is 0. The molecule has 0 aromatic heterocycles. The maximum atomic E-state index is 8.93. The number of hydrogen-bond acceptors (Lipinski definition) is 3. The lowest BCUT2D eigenvalue weighted by Crippen LogP contribution is -2.33. The van der Waals surface area contributed by atoms with Crippen LogP contribution in [0.1, 0.15) is 12.8 Å². The number of halogens is 1. The molecule has 1 heterocycles. The Morgan fingerprint density at radius 2 is 2.18 bits per heavy atom. The van der Waals surface area contributed by atoms with Crippen molar-refractivity contribution in [3.8, 4) is 0 Å². The quantitative estimate of drug-likeness (QED) is 0.580. The fraction of sp³-hybridized carbons (Fsp3) is 1.00. The highest BCUT2D eigenvalue weighted by Gasteiger charge is 2.13. The Hall–Kier alpha value is 0.610. The van der Waals surface area contributed by atoms with E-state index in [0.717, 1.165) is 25.9 Å². The summed E-state index contributed by atoms with van der Waals surface area (Å²) < 4.78 is 5.09. The first-order chi connectivity index (χ1) is 5.29. The molecule has 4 heteroatoms. The van der Waals surface area contributed by atoms with E-state index < -0.39 is 0 Å². The molecule has 1 aliphatic rings. The van der Waals surface area contributed by atoms with Crippen molar-refractivity contribution in [3.63, 3.8) is 0 Å². The zero-order valence-electron chi connectivity index (χ0n) is 6.42. The van der Waals surface area contributed by atoms with Crippen LogP contribution in [-0.2, 0) is 4.74 Å². The minimum Gasteiger partial charge on any atom is -0.380 e. The van der Waals surface area contributed by atoms with E-state index >= 15 is 0 Å². The summed E-state index contributed by atoms with van der Waals surface area (Å²) in [6, 6.07) is 0. The number of nitrogens with one attached hydrogen (secondary N) is 1. The van der Waals surface area contributed by atoms with E-state index in [4.69, 9.17) is 9.84 Å². The fourth-order valence-electron chi connectivity index (χ4n) is 1.18. The van der Waals surface area contributed by atoms with Crippen molar-refractivity contribution in [2.24, 2.45) is 0 Å². The molecular weight excluding hydrogens is 257 g/mol. The number of hydrogen-bond donors (Lipinski definition) is 2. The molecule has 0 bridgehead atoms. The molecule has 1 fully saturated rings. The molecule has 3 nitrogen and oxygen atoms in total. The number of ether oxygens (including phenoxy) is 1. The minimum atomic E-state index is -0.359. The highest BCUT2D eigenvalue weighted by Crippen LogP contribution is 2.08. The molecule has 2 N–H and O–H groups in total. The number of piperidine rings is 1. The van der Waals surface area contributed by atoms with Gasteiger partial charge in [0.05, 0.1) is 12.7 Å². The largest absolute Gasteiger partial charge is 0.380 e. The maximum absolute atomic E-state index is 8.93. The lowest BCUT2D eigenvalue weighted by atomic mass is 10.1. The number of alkyl halides is 1. The van der Waals surface area contributed by atoms with Gasteiger partial charge in [-0.05, 0) is 48.5 Å². The van der Waals surface area contributed by atoms with Crippen LogP contribution in [0.25, 0.3) is 0 Å². The SMILES string of the molecule is OC(I)COC1CCNCC1. The van der Waals surface area contributed by atoms with Gasteiger partial charge in [-0.2, -0.15) is 0 Å². The molecule has 1 saturated heterocycles. The summed E-state index contributed by atoms with van der Waals surface area (Å²) in [6.45, 7) is 2.55. The normalized spacial score (nSPS) is 23.5. The monoisotopic (exact) mass is 271 g/mol. The number of rotatable bonds is 3. The first-order valence-electron chi connectivity index (χ1n) is 3.93. The molecule has 1 aliphatic heterocycles. The van der Waals surface area contributed by atoms with Crippen LogP contribution < -0.4 is 5.32 Å². The molecule has 0 radical (unpaired) electrons. The molecule has 11 heavy (non-hydrogen) atoms. The summed E-state index contributed by atoms with van der Waals surface area (Å²) in [5, 5.41) is 12.2.